The Morgan fingerprint density at radius 1 is 1.58 bits per heavy atom. The summed E-state index contributed by atoms with van der Waals surface area (Å²) in [6, 6.07) is 5.51. The minimum Gasteiger partial charge on any atom is -0.326 e. The second kappa shape index (κ2) is 6.51. The fourth-order valence-electron chi connectivity index (χ4n) is 2.64. The van der Waals surface area contributed by atoms with Crippen LogP contribution in [0.15, 0.2) is 11.4 Å². The van der Waals surface area contributed by atoms with Gasteiger partial charge in [-0.25, -0.2) is 0 Å². The Labute approximate surface area is 120 Å². The molecule has 0 spiro atoms. The van der Waals surface area contributed by atoms with E-state index in [1.165, 1.54) is 23.3 Å². The third-order valence-electron chi connectivity index (χ3n) is 3.90. The molecule has 2 unspecified atom stereocenters. The molecule has 4 heteroatoms. The maximum Gasteiger partial charge on any atom is 0.0635 e. The van der Waals surface area contributed by atoms with Crippen LogP contribution in [-0.4, -0.2) is 23.5 Å². The highest BCUT2D eigenvalue weighted by atomic mass is 32.1. The molecule has 1 aliphatic carbocycles. The Morgan fingerprint density at radius 3 is 2.79 bits per heavy atom. The summed E-state index contributed by atoms with van der Waals surface area (Å²) in [7, 11) is 0. The highest BCUT2D eigenvalue weighted by molar-refractivity contribution is 7.10. The summed E-state index contributed by atoms with van der Waals surface area (Å²) in [6.07, 6.45) is 4.07. The lowest BCUT2D eigenvalue weighted by molar-refractivity contribution is 0.165. The van der Waals surface area contributed by atoms with Crippen molar-refractivity contribution in [1.29, 1.82) is 5.26 Å². The quantitative estimate of drug-likeness (QED) is 0.832. The lowest BCUT2D eigenvalue weighted by Crippen LogP contribution is -2.42. The van der Waals surface area contributed by atoms with Crippen LogP contribution in [0, 0.1) is 18.3 Å². The van der Waals surface area contributed by atoms with E-state index < -0.39 is 0 Å². The van der Waals surface area contributed by atoms with Crippen molar-refractivity contribution in [2.75, 3.05) is 6.54 Å². The molecule has 1 saturated carbocycles. The molecule has 1 fully saturated rings. The van der Waals surface area contributed by atoms with E-state index in [-0.39, 0.29) is 12.1 Å². The first-order valence-corrected chi connectivity index (χ1v) is 7.99. The van der Waals surface area contributed by atoms with Crippen LogP contribution < -0.4 is 5.73 Å². The molecule has 104 valence electrons. The summed E-state index contributed by atoms with van der Waals surface area (Å²) in [6.45, 7) is 5.16. The molecule has 1 heterocycles. The van der Waals surface area contributed by atoms with E-state index in [1.807, 2.05) is 0 Å². The molecule has 1 aliphatic rings. The number of nitrogens with zero attached hydrogens (tertiary/aromatic N) is 2. The van der Waals surface area contributed by atoms with E-state index in [1.54, 1.807) is 11.3 Å². The molecule has 0 saturated heterocycles. The van der Waals surface area contributed by atoms with Gasteiger partial charge in [-0.2, -0.15) is 5.26 Å². The van der Waals surface area contributed by atoms with Crippen molar-refractivity contribution in [2.45, 2.75) is 57.7 Å². The number of hydrogen-bond donors (Lipinski definition) is 1. The van der Waals surface area contributed by atoms with Crippen LogP contribution >= 0.6 is 11.3 Å². The summed E-state index contributed by atoms with van der Waals surface area (Å²) in [5, 5.41) is 11.0. The second-order valence-corrected chi connectivity index (χ2v) is 6.31. The summed E-state index contributed by atoms with van der Waals surface area (Å²) >= 11 is 1.80. The number of nitrogens with two attached hydrogens (primary N) is 1. The highest BCUT2D eigenvalue weighted by Crippen LogP contribution is 2.39. The molecule has 2 rings (SSSR count). The van der Waals surface area contributed by atoms with Gasteiger partial charge in [-0.05, 0) is 43.2 Å². The van der Waals surface area contributed by atoms with Gasteiger partial charge in [0.25, 0.3) is 0 Å². The Hall–Kier alpha value is -0.890. The van der Waals surface area contributed by atoms with Crippen molar-refractivity contribution in [3.05, 3.63) is 21.9 Å². The molecule has 0 radical (unpaired) electrons. The molecular formula is C15H23N3S. The van der Waals surface area contributed by atoms with Gasteiger partial charge in [-0.15, -0.1) is 11.3 Å². The Balaban J connectivity index is 2.25. The SMILES string of the molecule is CCC(N)C(c1sccc1C)N(CCC#N)C1CC1. The summed E-state index contributed by atoms with van der Waals surface area (Å²) < 4.78 is 0. The number of aryl methyl sites for hydroxylation is 1. The number of rotatable bonds is 7. The van der Waals surface area contributed by atoms with Crippen molar-refractivity contribution < 1.29 is 0 Å². The maximum absolute atomic E-state index is 8.87. The van der Waals surface area contributed by atoms with E-state index in [9.17, 15) is 0 Å². The average molecular weight is 277 g/mol. The lowest BCUT2D eigenvalue weighted by Gasteiger charge is -2.35. The zero-order chi connectivity index (χ0) is 13.8. The standard InChI is InChI=1S/C15H23N3S/c1-3-13(17)14(15-11(2)7-10-19-15)18(9-4-8-16)12-5-6-12/h7,10,12-14H,3-6,9,17H2,1-2H3. The van der Waals surface area contributed by atoms with Gasteiger partial charge in [0.2, 0.25) is 0 Å². The van der Waals surface area contributed by atoms with Crippen LogP contribution in [0.4, 0.5) is 0 Å². The minimum atomic E-state index is 0.150. The monoisotopic (exact) mass is 277 g/mol. The van der Waals surface area contributed by atoms with Crippen LogP contribution in [0.5, 0.6) is 0 Å². The van der Waals surface area contributed by atoms with Crippen LogP contribution in [0.1, 0.15) is 49.1 Å². The molecule has 2 N–H and O–H groups in total. The molecule has 0 aromatic carbocycles. The molecule has 1 aromatic heterocycles. The van der Waals surface area contributed by atoms with E-state index in [4.69, 9.17) is 11.0 Å². The van der Waals surface area contributed by atoms with Gasteiger partial charge in [0, 0.05) is 29.9 Å². The molecule has 2 atom stereocenters. The third kappa shape index (κ3) is 3.36. The highest BCUT2D eigenvalue weighted by Gasteiger charge is 2.37. The van der Waals surface area contributed by atoms with E-state index in [2.05, 4.69) is 36.3 Å². The second-order valence-electron chi connectivity index (χ2n) is 5.36. The third-order valence-corrected chi connectivity index (χ3v) is 4.99. The Morgan fingerprint density at radius 2 is 2.32 bits per heavy atom. The van der Waals surface area contributed by atoms with Crippen molar-refractivity contribution in [1.82, 2.24) is 4.90 Å². The number of thiophene rings is 1. The van der Waals surface area contributed by atoms with Crippen molar-refractivity contribution in [3.63, 3.8) is 0 Å². The van der Waals surface area contributed by atoms with Crippen LogP contribution in [-0.2, 0) is 0 Å². The van der Waals surface area contributed by atoms with Crippen molar-refractivity contribution in [2.24, 2.45) is 5.73 Å². The first kappa shape index (κ1) is 14.5. The zero-order valence-electron chi connectivity index (χ0n) is 11.8. The Kier molecular flexibility index (Phi) is 4.98. The molecule has 1 aromatic rings. The minimum absolute atomic E-state index is 0.150. The maximum atomic E-state index is 8.87. The molecule has 3 nitrogen and oxygen atoms in total. The van der Waals surface area contributed by atoms with Crippen molar-refractivity contribution >= 4 is 11.3 Å². The zero-order valence-corrected chi connectivity index (χ0v) is 12.6. The van der Waals surface area contributed by atoms with Gasteiger partial charge >= 0.3 is 0 Å². The Bertz CT molecular complexity index is 444. The number of hydrogen-bond acceptors (Lipinski definition) is 4. The predicted molar refractivity (Wildman–Crippen MR) is 80.0 cm³/mol. The summed E-state index contributed by atoms with van der Waals surface area (Å²) in [5.41, 5.74) is 7.73. The van der Waals surface area contributed by atoms with Crippen LogP contribution in [0.3, 0.4) is 0 Å². The molecule has 0 amide bonds. The average Bonchev–Trinajstić information content (AvgIpc) is 3.17. The predicted octanol–water partition coefficient (Wildman–Crippen LogP) is 3.21. The van der Waals surface area contributed by atoms with Gasteiger partial charge in [-0.1, -0.05) is 6.92 Å². The molecular weight excluding hydrogens is 254 g/mol. The molecule has 0 bridgehead atoms. The van der Waals surface area contributed by atoms with E-state index >= 15 is 0 Å². The van der Waals surface area contributed by atoms with Crippen molar-refractivity contribution in [3.8, 4) is 6.07 Å². The number of nitriles is 1. The van der Waals surface area contributed by atoms with Gasteiger partial charge < -0.3 is 5.73 Å². The first-order chi connectivity index (χ1) is 9.19. The molecule has 0 aliphatic heterocycles. The van der Waals surface area contributed by atoms with Gasteiger partial charge in [0.05, 0.1) is 12.1 Å². The fourth-order valence-corrected chi connectivity index (χ4v) is 3.76. The van der Waals surface area contributed by atoms with Gasteiger partial charge in [0.1, 0.15) is 0 Å². The summed E-state index contributed by atoms with van der Waals surface area (Å²) in [5.74, 6) is 0. The van der Waals surface area contributed by atoms with Gasteiger partial charge in [0.15, 0.2) is 0 Å². The lowest BCUT2D eigenvalue weighted by atomic mass is 10.00. The van der Waals surface area contributed by atoms with Crippen LogP contribution in [0.2, 0.25) is 0 Å². The first-order valence-electron chi connectivity index (χ1n) is 7.11. The van der Waals surface area contributed by atoms with Crippen LogP contribution in [0.25, 0.3) is 0 Å². The van der Waals surface area contributed by atoms with E-state index in [0.717, 1.165) is 13.0 Å². The topological polar surface area (TPSA) is 53.0 Å². The smallest absolute Gasteiger partial charge is 0.0635 e. The summed E-state index contributed by atoms with van der Waals surface area (Å²) in [4.78, 5) is 3.87. The van der Waals surface area contributed by atoms with E-state index in [0.29, 0.717) is 12.5 Å². The normalized spacial score (nSPS) is 18.3. The largest absolute Gasteiger partial charge is 0.326 e. The fraction of sp³-hybridized carbons (Fsp3) is 0.667. The molecule has 19 heavy (non-hydrogen) atoms. The van der Waals surface area contributed by atoms with Gasteiger partial charge in [-0.3, -0.25) is 4.90 Å².